The van der Waals surface area contributed by atoms with Gasteiger partial charge in [0.15, 0.2) is 0 Å². The molecule has 2 bridgehead atoms. The molecule has 2 fully saturated rings. The molecule has 158 valence electrons. The monoisotopic (exact) mass is 416 g/mol. The molecule has 6 nitrogen and oxygen atoms in total. The molecule has 0 aromatic heterocycles. The van der Waals surface area contributed by atoms with Gasteiger partial charge >= 0.3 is 0 Å². The second kappa shape index (κ2) is 7.69. The van der Waals surface area contributed by atoms with Gasteiger partial charge in [0, 0.05) is 6.42 Å². The highest BCUT2D eigenvalue weighted by Gasteiger charge is 2.61. The Morgan fingerprint density at radius 1 is 1.00 bits per heavy atom. The number of benzene rings is 2. The highest BCUT2D eigenvalue weighted by molar-refractivity contribution is 6.11. The number of rotatable bonds is 6. The minimum Gasteiger partial charge on any atom is -0.495 e. The molecule has 5 rings (SSSR count). The molecule has 3 amide bonds. The van der Waals surface area contributed by atoms with E-state index >= 15 is 0 Å². The lowest BCUT2D eigenvalue weighted by Crippen LogP contribution is -2.49. The smallest absolute Gasteiger partial charge is 0.248 e. The molecule has 5 atom stereocenters. The van der Waals surface area contributed by atoms with Crippen molar-refractivity contribution in [3.8, 4) is 5.75 Å². The summed E-state index contributed by atoms with van der Waals surface area (Å²) >= 11 is 0. The van der Waals surface area contributed by atoms with E-state index in [1.807, 2.05) is 36.4 Å². The van der Waals surface area contributed by atoms with Crippen LogP contribution in [0.3, 0.4) is 0 Å². The average molecular weight is 416 g/mol. The van der Waals surface area contributed by atoms with Gasteiger partial charge in [-0.2, -0.15) is 0 Å². The van der Waals surface area contributed by atoms with Gasteiger partial charge in [0.05, 0.1) is 24.6 Å². The number of amides is 3. The number of anilines is 1. The van der Waals surface area contributed by atoms with Crippen LogP contribution in [0.4, 0.5) is 5.69 Å². The van der Waals surface area contributed by atoms with Crippen molar-refractivity contribution in [1.82, 2.24) is 4.90 Å². The van der Waals surface area contributed by atoms with E-state index in [2.05, 4.69) is 17.5 Å². The molecule has 1 N–H and O–H groups in total. The number of para-hydroxylation sites is 2. The predicted octanol–water partition coefficient (Wildman–Crippen LogP) is 3.05. The minimum absolute atomic E-state index is 0.103. The first-order valence-corrected chi connectivity index (χ1v) is 10.6. The SMILES string of the molecule is COc1ccccc1NC(=O)[C@@H](Cc1ccccc1)N1C(=O)[C@@H]2[C@H](C1=O)[C@H]1C=C[C@H]2C1. The van der Waals surface area contributed by atoms with Crippen LogP contribution in [0.1, 0.15) is 12.0 Å². The van der Waals surface area contributed by atoms with Gasteiger partial charge in [0.25, 0.3) is 0 Å². The van der Waals surface area contributed by atoms with Crippen molar-refractivity contribution in [3.05, 3.63) is 72.3 Å². The number of carbonyl (C=O) groups is 3. The fraction of sp³-hybridized carbons (Fsp3) is 0.320. The standard InChI is InChI=1S/C25H24N2O4/c1-31-20-10-6-5-9-18(20)26-23(28)19(13-15-7-3-2-4-8-15)27-24(29)21-16-11-12-17(14-16)22(21)25(27)30/h2-12,16-17,19,21-22H,13-14H2,1H3,(H,26,28)/t16-,17-,19+,21-,22+/m0/s1. The highest BCUT2D eigenvalue weighted by Crippen LogP contribution is 2.53. The van der Waals surface area contributed by atoms with E-state index in [1.54, 1.807) is 18.2 Å². The molecule has 1 heterocycles. The Morgan fingerprint density at radius 2 is 1.61 bits per heavy atom. The maximum atomic E-state index is 13.4. The maximum Gasteiger partial charge on any atom is 0.248 e. The lowest BCUT2D eigenvalue weighted by Gasteiger charge is -2.27. The van der Waals surface area contributed by atoms with Crippen molar-refractivity contribution in [2.75, 3.05) is 12.4 Å². The molecule has 1 saturated carbocycles. The molecule has 31 heavy (non-hydrogen) atoms. The van der Waals surface area contributed by atoms with E-state index in [-0.39, 0.29) is 41.9 Å². The van der Waals surface area contributed by atoms with Crippen LogP contribution in [0.2, 0.25) is 0 Å². The molecule has 3 aliphatic rings. The first-order valence-electron chi connectivity index (χ1n) is 10.6. The molecule has 1 aliphatic heterocycles. The van der Waals surface area contributed by atoms with E-state index in [0.29, 0.717) is 11.4 Å². The Hall–Kier alpha value is -3.41. The Bertz CT molecular complexity index is 1030. The molecular weight excluding hydrogens is 392 g/mol. The van der Waals surface area contributed by atoms with E-state index in [4.69, 9.17) is 4.74 Å². The second-order valence-corrected chi connectivity index (χ2v) is 8.44. The van der Waals surface area contributed by atoms with Crippen molar-refractivity contribution in [2.45, 2.75) is 18.9 Å². The Kier molecular flexibility index (Phi) is 4.85. The normalized spacial score (nSPS) is 26.8. The lowest BCUT2D eigenvalue weighted by atomic mass is 9.85. The van der Waals surface area contributed by atoms with Crippen LogP contribution in [-0.2, 0) is 20.8 Å². The summed E-state index contributed by atoms with van der Waals surface area (Å²) in [5.74, 6) is -0.773. The summed E-state index contributed by atoms with van der Waals surface area (Å²) < 4.78 is 5.34. The topological polar surface area (TPSA) is 75.7 Å². The Morgan fingerprint density at radius 3 is 2.26 bits per heavy atom. The zero-order valence-corrected chi connectivity index (χ0v) is 17.2. The summed E-state index contributed by atoms with van der Waals surface area (Å²) in [5, 5.41) is 2.88. The second-order valence-electron chi connectivity index (χ2n) is 8.44. The number of nitrogens with one attached hydrogen (secondary N) is 1. The van der Waals surface area contributed by atoms with Crippen LogP contribution in [0.25, 0.3) is 0 Å². The van der Waals surface area contributed by atoms with E-state index in [0.717, 1.165) is 12.0 Å². The number of nitrogens with zero attached hydrogens (tertiary/aromatic N) is 1. The van der Waals surface area contributed by atoms with Gasteiger partial charge in [0.2, 0.25) is 17.7 Å². The first kappa shape index (κ1) is 19.5. The fourth-order valence-corrected chi connectivity index (χ4v) is 5.34. The van der Waals surface area contributed by atoms with Crippen molar-refractivity contribution >= 4 is 23.4 Å². The van der Waals surface area contributed by atoms with Gasteiger partial charge in [0.1, 0.15) is 11.8 Å². The molecule has 6 heteroatoms. The molecule has 2 aromatic rings. The number of hydrogen-bond acceptors (Lipinski definition) is 4. The maximum absolute atomic E-state index is 13.4. The van der Waals surface area contributed by atoms with E-state index in [1.165, 1.54) is 12.0 Å². The summed E-state index contributed by atoms with van der Waals surface area (Å²) in [7, 11) is 1.53. The molecule has 0 spiro atoms. The number of methoxy groups -OCH3 is 1. The van der Waals surface area contributed by atoms with Crippen LogP contribution < -0.4 is 10.1 Å². The first-order chi connectivity index (χ1) is 15.1. The van der Waals surface area contributed by atoms with Gasteiger partial charge in [-0.15, -0.1) is 0 Å². The van der Waals surface area contributed by atoms with Gasteiger partial charge < -0.3 is 10.1 Å². The molecular formula is C25H24N2O4. The van der Waals surface area contributed by atoms with E-state index < -0.39 is 11.9 Å². The van der Waals surface area contributed by atoms with Gasteiger partial charge in [-0.3, -0.25) is 19.3 Å². The third-order valence-electron chi connectivity index (χ3n) is 6.76. The molecule has 0 unspecified atom stereocenters. The Labute approximate surface area is 180 Å². The van der Waals surface area contributed by atoms with Crippen molar-refractivity contribution in [1.29, 1.82) is 0 Å². The highest BCUT2D eigenvalue weighted by atomic mass is 16.5. The van der Waals surface area contributed by atoms with Gasteiger partial charge in [-0.25, -0.2) is 0 Å². The van der Waals surface area contributed by atoms with Crippen LogP contribution in [-0.4, -0.2) is 35.8 Å². The number of carbonyl (C=O) groups excluding carboxylic acids is 3. The minimum atomic E-state index is -0.919. The van der Waals surface area contributed by atoms with Crippen molar-refractivity contribution < 1.29 is 19.1 Å². The quantitative estimate of drug-likeness (QED) is 0.580. The lowest BCUT2D eigenvalue weighted by molar-refractivity contribution is -0.147. The van der Waals surface area contributed by atoms with Crippen LogP contribution in [0.15, 0.2) is 66.7 Å². The van der Waals surface area contributed by atoms with Crippen molar-refractivity contribution in [3.63, 3.8) is 0 Å². The number of allylic oxidation sites excluding steroid dienone is 2. The predicted molar refractivity (Wildman–Crippen MR) is 115 cm³/mol. The van der Waals surface area contributed by atoms with Gasteiger partial charge in [-0.1, -0.05) is 54.6 Å². The number of likely N-dealkylation sites (tertiary alicyclic amines) is 1. The van der Waals surface area contributed by atoms with Crippen LogP contribution in [0.5, 0.6) is 5.75 Å². The number of imide groups is 1. The van der Waals surface area contributed by atoms with Crippen molar-refractivity contribution in [2.24, 2.45) is 23.7 Å². The summed E-state index contributed by atoms with van der Waals surface area (Å²) in [6.45, 7) is 0. The third-order valence-corrected chi connectivity index (χ3v) is 6.76. The molecule has 2 aromatic carbocycles. The summed E-state index contributed by atoms with van der Waals surface area (Å²) in [4.78, 5) is 41.4. The zero-order chi connectivity index (χ0) is 21.5. The molecule has 0 radical (unpaired) electrons. The largest absolute Gasteiger partial charge is 0.495 e. The third kappa shape index (κ3) is 3.23. The van der Waals surface area contributed by atoms with Crippen LogP contribution in [0, 0.1) is 23.7 Å². The summed E-state index contributed by atoms with van der Waals surface area (Å²) in [6, 6.07) is 15.7. The summed E-state index contributed by atoms with van der Waals surface area (Å²) in [6.07, 6.45) is 5.24. The number of fused-ring (bicyclic) bond motifs is 5. The Balaban J connectivity index is 1.47. The zero-order valence-electron chi connectivity index (χ0n) is 17.2. The van der Waals surface area contributed by atoms with E-state index in [9.17, 15) is 14.4 Å². The average Bonchev–Trinajstić information content (AvgIpc) is 3.47. The summed E-state index contributed by atoms with van der Waals surface area (Å²) in [5.41, 5.74) is 1.40. The number of ether oxygens (including phenoxy) is 1. The van der Waals surface area contributed by atoms with Crippen LogP contribution >= 0.6 is 0 Å². The molecule has 1 saturated heterocycles. The fourth-order valence-electron chi connectivity index (χ4n) is 5.34. The molecule has 2 aliphatic carbocycles. The van der Waals surface area contributed by atoms with Gasteiger partial charge in [-0.05, 0) is 36.0 Å². The number of hydrogen-bond donors (Lipinski definition) is 1.